The van der Waals surface area contributed by atoms with Crippen molar-refractivity contribution in [2.75, 3.05) is 33.4 Å². The van der Waals surface area contributed by atoms with Crippen molar-refractivity contribution in [3.8, 4) is 0 Å². The van der Waals surface area contributed by atoms with Crippen molar-refractivity contribution in [2.45, 2.75) is 38.6 Å². The third kappa shape index (κ3) is 6.36. The second-order valence-corrected chi connectivity index (χ2v) is 5.54. The number of methoxy groups -OCH3 is 1. The van der Waals surface area contributed by atoms with Crippen LogP contribution in [0.4, 0.5) is 0 Å². The molecular weight excluding hydrogens is 244 g/mol. The Hall–Kier alpha value is -0.650. The first-order valence-corrected chi connectivity index (χ1v) is 7.27. The number of nitrogens with one attached hydrogen (secondary N) is 2. The van der Waals surface area contributed by atoms with Gasteiger partial charge in [-0.25, -0.2) is 0 Å². The second-order valence-electron chi connectivity index (χ2n) is 5.54. The minimum Gasteiger partial charge on any atom is -0.396 e. The monoisotopic (exact) mass is 272 g/mol. The summed E-state index contributed by atoms with van der Waals surface area (Å²) in [6.07, 6.45) is 4.72. The quantitative estimate of drug-likeness (QED) is 0.603. The van der Waals surface area contributed by atoms with Crippen molar-refractivity contribution in [3.63, 3.8) is 0 Å². The van der Waals surface area contributed by atoms with Gasteiger partial charge in [0, 0.05) is 19.8 Å². The van der Waals surface area contributed by atoms with Crippen LogP contribution in [0.1, 0.15) is 32.6 Å². The van der Waals surface area contributed by atoms with Crippen molar-refractivity contribution in [1.82, 2.24) is 10.6 Å². The van der Waals surface area contributed by atoms with Gasteiger partial charge in [0.25, 0.3) is 0 Å². The molecule has 3 N–H and O–H groups in total. The van der Waals surface area contributed by atoms with Gasteiger partial charge in [0.1, 0.15) is 0 Å². The number of rotatable bonds is 8. The molecule has 5 nitrogen and oxygen atoms in total. The summed E-state index contributed by atoms with van der Waals surface area (Å²) in [5.41, 5.74) is 0. The van der Waals surface area contributed by atoms with Gasteiger partial charge in [0.05, 0.1) is 13.2 Å². The molecular formula is C14H28N2O3. The van der Waals surface area contributed by atoms with E-state index in [2.05, 4.69) is 10.6 Å². The van der Waals surface area contributed by atoms with E-state index in [0.29, 0.717) is 25.0 Å². The molecule has 19 heavy (non-hydrogen) atoms. The Morgan fingerprint density at radius 3 is 2.68 bits per heavy atom. The summed E-state index contributed by atoms with van der Waals surface area (Å²) in [6, 6.07) is 0.0409. The van der Waals surface area contributed by atoms with Crippen LogP contribution in [0.2, 0.25) is 0 Å². The van der Waals surface area contributed by atoms with Crippen molar-refractivity contribution in [3.05, 3.63) is 0 Å². The zero-order chi connectivity index (χ0) is 14.1. The molecule has 1 rings (SSSR count). The van der Waals surface area contributed by atoms with Crippen LogP contribution in [0, 0.1) is 11.8 Å². The Morgan fingerprint density at radius 1 is 1.37 bits per heavy atom. The van der Waals surface area contributed by atoms with E-state index < -0.39 is 0 Å². The number of hydrogen-bond acceptors (Lipinski definition) is 4. The maximum Gasteiger partial charge on any atom is 0.234 e. The second kappa shape index (κ2) is 9.28. The highest BCUT2D eigenvalue weighted by Gasteiger charge is 2.24. The molecule has 3 atom stereocenters. The molecule has 0 aromatic carbocycles. The van der Waals surface area contributed by atoms with E-state index in [-0.39, 0.29) is 18.6 Å². The first-order chi connectivity index (χ1) is 9.17. The lowest BCUT2D eigenvalue weighted by Gasteiger charge is -2.30. The molecule has 3 unspecified atom stereocenters. The van der Waals surface area contributed by atoms with Crippen LogP contribution < -0.4 is 10.6 Å². The Bertz CT molecular complexity index is 261. The average Bonchev–Trinajstić information content (AvgIpc) is 2.39. The van der Waals surface area contributed by atoms with Gasteiger partial charge < -0.3 is 20.5 Å². The smallest absolute Gasteiger partial charge is 0.234 e. The highest BCUT2D eigenvalue weighted by molar-refractivity contribution is 5.78. The molecule has 0 aromatic heterocycles. The number of amides is 1. The van der Waals surface area contributed by atoms with Gasteiger partial charge in [0.15, 0.2) is 0 Å². The van der Waals surface area contributed by atoms with Crippen LogP contribution in [-0.2, 0) is 9.53 Å². The minimum absolute atomic E-state index is 0.000841. The number of carbonyl (C=O) groups is 1. The molecule has 0 saturated heterocycles. The van der Waals surface area contributed by atoms with Gasteiger partial charge in [0.2, 0.25) is 5.91 Å². The largest absolute Gasteiger partial charge is 0.396 e. The Kier molecular flexibility index (Phi) is 8.02. The average molecular weight is 272 g/mol. The van der Waals surface area contributed by atoms with E-state index in [1.54, 1.807) is 7.11 Å². The first kappa shape index (κ1) is 16.4. The van der Waals surface area contributed by atoms with Crippen LogP contribution in [0.25, 0.3) is 0 Å². The first-order valence-electron chi connectivity index (χ1n) is 7.27. The molecule has 0 heterocycles. The van der Waals surface area contributed by atoms with E-state index in [0.717, 1.165) is 19.4 Å². The van der Waals surface area contributed by atoms with Crippen molar-refractivity contribution in [2.24, 2.45) is 11.8 Å². The van der Waals surface area contributed by atoms with Crippen molar-refractivity contribution < 1.29 is 14.6 Å². The minimum atomic E-state index is 0.000841. The lowest BCUT2D eigenvalue weighted by molar-refractivity contribution is -0.121. The van der Waals surface area contributed by atoms with Gasteiger partial charge in [-0.05, 0) is 38.1 Å². The summed E-state index contributed by atoms with van der Waals surface area (Å²) in [7, 11) is 1.62. The SMILES string of the molecule is COCC(C)NC(=O)CNCC1CCCCC1CO. The topological polar surface area (TPSA) is 70.6 Å². The van der Waals surface area contributed by atoms with Crippen LogP contribution in [0.5, 0.6) is 0 Å². The molecule has 112 valence electrons. The Labute approximate surface area is 116 Å². The molecule has 0 bridgehead atoms. The highest BCUT2D eigenvalue weighted by Crippen LogP contribution is 2.28. The zero-order valence-electron chi connectivity index (χ0n) is 12.2. The fourth-order valence-electron chi connectivity index (χ4n) is 2.78. The van der Waals surface area contributed by atoms with Crippen LogP contribution in [-0.4, -0.2) is 50.5 Å². The molecule has 1 saturated carbocycles. The maximum atomic E-state index is 11.6. The lowest BCUT2D eigenvalue weighted by Crippen LogP contribution is -2.42. The van der Waals surface area contributed by atoms with Gasteiger partial charge in [-0.1, -0.05) is 12.8 Å². The van der Waals surface area contributed by atoms with Crippen molar-refractivity contribution in [1.29, 1.82) is 0 Å². The van der Waals surface area contributed by atoms with Gasteiger partial charge in [-0.15, -0.1) is 0 Å². The molecule has 5 heteroatoms. The predicted molar refractivity (Wildman–Crippen MR) is 74.9 cm³/mol. The van der Waals surface area contributed by atoms with Gasteiger partial charge >= 0.3 is 0 Å². The van der Waals surface area contributed by atoms with E-state index in [1.807, 2.05) is 6.92 Å². The highest BCUT2D eigenvalue weighted by atomic mass is 16.5. The number of ether oxygens (including phenoxy) is 1. The molecule has 1 aliphatic rings. The Balaban J connectivity index is 2.16. The summed E-state index contributed by atoms with van der Waals surface area (Å²) in [6.45, 7) is 3.87. The van der Waals surface area contributed by atoms with Crippen LogP contribution >= 0.6 is 0 Å². The molecule has 1 fully saturated rings. The number of aliphatic hydroxyl groups excluding tert-OH is 1. The normalized spacial score (nSPS) is 25.0. The summed E-state index contributed by atoms with van der Waals surface area (Å²) in [4.78, 5) is 11.6. The summed E-state index contributed by atoms with van der Waals surface area (Å²) < 4.78 is 4.97. The molecule has 0 spiro atoms. The maximum absolute atomic E-state index is 11.6. The molecule has 0 radical (unpaired) electrons. The molecule has 0 aliphatic heterocycles. The summed E-state index contributed by atoms with van der Waals surface area (Å²) in [5.74, 6) is 0.903. The third-order valence-corrected chi connectivity index (χ3v) is 3.82. The van der Waals surface area contributed by atoms with E-state index in [4.69, 9.17) is 4.74 Å². The number of carbonyl (C=O) groups excluding carboxylic acids is 1. The molecule has 1 aliphatic carbocycles. The van der Waals surface area contributed by atoms with Gasteiger partial charge in [-0.3, -0.25) is 4.79 Å². The van der Waals surface area contributed by atoms with Crippen LogP contribution in [0.15, 0.2) is 0 Å². The van der Waals surface area contributed by atoms with E-state index in [1.165, 1.54) is 12.8 Å². The lowest BCUT2D eigenvalue weighted by atomic mass is 9.79. The number of hydrogen-bond donors (Lipinski definition) is 3. The van der Waals surface area contributed by atoms with Gasteiger partial charge in [-0.2, -0.15) is 0 Å². The van der Waals surface area contributed by atoms with E-state index in [9.17, 15) is 9.90 Å². The molecule has 0 aromatic rings. The fourth-order valence-corrected chi connectivity index (χ4v) is 2.78. The summed E-state index contributed by atoms with van der Waals surface area (Å²) >= 11 is 0. The third-order valence-electron chi connectivity index (χ3n) is 3.82. The van der Waals surface area contributed by atoms with E-state index >= 15 is 0 Å². The summed E-state index contributed by atoms with van der Waals surface area (Å²) in [5, 5.41) is 15.4. The standard InChI is InChI=1S/C14H28N2O3/c1-11(10-19-2)16-14(18)8-15-7-12-5-3-4-6-13(12)9-17/h11-13,15,17H,3-10H2,1-2H3,(H,16,18). The Morgan fingerprint density at radius 2 is 2.05 bits per heavy atom. The molecule has 1 amide bonds. The fraction of sp³-hybridized carbons (Fsp3) is 0.929. The zero-order valence-corrected chi connectivity index (χ0v) is 12.2. The van der Waals surface area contributed by atoms with Crippen LogP contribution in [0.3, 0.4) is 0 Å². The predicted octanol–water partition coefficient (Wildman–Crippen LogP) is 0.526. The van der Waals surface area contributed by atoms with Crippen molar-refractivity contribution >= 4 is 5.91 Å². The number of aliphatic hydroxyl groups is 1.